The highest BCUT2D eigenvalue weighted by Crippen LogP contribution is 2.41. The van der Waals surface area contributed by atoms with E-state index in [-0.39, 0.29) is 18.2 Å². The number of thioether (sulfide) groups is 1. The van der Waals surface area contributed by atoms with Crippen molar-refractivity contribution >= 4 is 56.3 Å². The number of ketones is 1. The summed E-state index contributed by atoms with van der Waals surface area (Å²) in [5.74, 6) is 0.214. The Bertz CT molecular complexity index is 1090. The summed E-state index contributed by atoms with van der Waals surface area (Å²) in [4.78, 5) is 26.4. The molecule has 0 spiro atoms. The normalized spacial score (nSPS) is 16.3. The van der Waals surface area contributed by atoms with Crippen LogP contribution in [0, 0.1) is 0 Å². The molecule has 4 rings (SSSR count). The zero-order chi connectivity index (χ0) is 19.0. The first-order chi connectivity index (χ1) is 13.1. The summed E-state index contributed by atoms with van der Waals surface area (Å²) in [6, 6.07) is 17.6. The Balaban J connectivity index is 1.96. The minimum atomic E-state index is -0.264. The number of hydrogen-bond donors (Lipinski definition) is 0. The highest BCUT2D eigenvalue weighted by molar-refractivity contribution is 8.26. The molecule has 0 N–H and O–H groups in total. The maximum Gasteiger partial charge on any atom is 0.267 e. The Morgan fingerprint density at radius 2 is 1.89 bits per heavy atom. The maximum atomic E-state index is 13.1. The van der Waals surface area contributed by atoms with Crippen LogP contribution in [0.2, 0.25) is 0 Å². The van der Waals surface area contributed by atoms with Crippen LogP contribution in [0.3, 0.4) is 0 Å². The van der Waals surface area contributed by atoms with Crippen LogP contribution in [-0.4, -0.2) is 27.5 Å². The van der Waals surface area contributed by atoms with Crippen molar-refractivity contribution in [3.63, 3.8) is 0 Å². The highest BCUT2D eigenvalue weighted by atomic mass is 32.2. The van der Waals surface area contributed by atoms with Gasteiger partial charge in [0, 0.05) is 5.57 Å². The van der Waals surface area contributed by atoms with E-state index in [0.717, 1.165) is 16.3 Å². The second-order valence-corrected chi connectivity index (χ2v) is 7.81. The van der Waals surface area contributed by atoms with Crippen molar-refractivity contribution in [2.75, 3.05) is 6.54 Å². The van der Waals surface area contributed by atoms with Crippen molar-refractivity contribution in [2.24, 2.45) is 0 Å². The van der Waals surface area contributed by atoms with Gasteiger partial charge in [0.25, 0.3) is 5.91 Å². The molecule has 2 heterocycles. The first-order valence-corrected chi connectivity index (χ1v) is 9.58. The lowest BCUT2D eigenvalue weighted by atomic mass is 9.96. The third kappa shape index (κ3) is 3.22. The molecule has 2 aromatic carbocycles. The van der Waals surface area contributed by atoms with Crippen molar-refractivity contribution in [2.45, 2.75) is 6.92 Å². The van der Waals surface area contributed by atoms with Gasteiger partial charge in [0.2, 0.25) is 0 Å². The lowest BCUT2D eigenvalue weighted by Crippen LogP contribution is -2.32. The molecule has 1 aliphatic heterocycles. The Kier molecular flexibility index (Phi) is 4.68. The molecule has 0 saturated carbocycles. The van der Waals surface area contributed by atoms with Gasteiger partial charge in [-0.3, -0.25) is 14.5 Å². The van der Waals surface area contributed by atoms with Gasteiger partial charge in [0.1, 0.15) is 15.9 Å². The molecule has 4 nitrogen and oxygen atoms in total. The summed E-state index contributed by atoms with van der Waals surface area (Å²) >= 11 is 6.57. The minimum Gasteiger partial charge on any atom is -0.464 e. The lowest BCUT2D eigenvalue weighted by molar-refractivity contribution is -0.126. The van der Waals surface area contributed by atoms with Crippen LogP contribution in [0.1, 0.15) is 18.2 Å². The summed E-state index contributed by atoms with van der Waals surface area (Å²) in [6.07, 6.45) is 1.58. The van der Waals surface area contributed by atoms with Crippen molar-refractivity contribution in [3.05, 3.63) is 77.1 Å². The molecule has 1 aliphatic rings. The van der Waals surface area contributed by atoms with Crippen LogP contribution in [-0.2, 0) is 9.59 Å². The summed E-state index contributed by atoms with van der Waals surface area (Å²) < 4.78 is 6.04. The Hall–Kier alpha value is -2.70. The minimum absolute atomic E-state index is 0.0187. The van der Waals surface area contributed by atoms with Gasteiger partial charge in [-0.15, -0.1) is 0 Å². The number of fused-ring (bicyclic) bond motifs is 1. The van der Waals surface area contributed by atoms with Crippen molar-refractivity contribution in [1.29, 1.82) is 0 Å². The van der Waals surface area contributed by atoms with Crippen molar-refractivity contribution < 1.29 is 14.0 Å². The Labute approximate surface area is 165 Å². The number of benzene rings is 2. The van der Waals surface area contributed by atoms with Gasteiger partial charge < -0.3 is 4.42 Å². The zero-order valence-corrected chi connectivity index (χ0v) is 16.1. The van der Waals surface area contributed by atoms with Crippen LogP contribution in [0.15, 0.2) is 70.2 Å². The number of rotatable bonds is 4. The fourth-order valence-electron chi connectivity index (χ4n) is 3.14. The number of Topliss-reactive ketones (excluding diaryl/α,β-unsaturated/α-hetero) is 1. The van der Waals surface area contributed by atoms with E-state index in [1.807, 2.05) is 48.5 Å². The third-order valence-corrected chi connectivity index (χ3v) is 5.73. The molecular formula is C21H15NO3S2. The summed E-state index contributed by atoms with van der Waals surface area (Å²) in [6.45, 7) is 1.43. The van der Waals surface area contributed by atoms with Crippen molar-refractivity contribution in [3.8, 4) is 0 Å². The first kappa shape index (κ1) is 17.7. The number of amides is 1. The SMILES string of the molecule is CC(=O)CN1C(=O)/C(=C(\c2ccco2)c2cccc3ccccc23)SC1=S. The van der Waals surface area contributed by atoms with Crippen LogP contribution >= 0.6 is 24.0 Å². The average molecular weight is 393 g/mol. The van der Waals surface area contributed by atoms with Gasteiger partial charge >= 0.3 is 0 Å². The number of carbonyl (C=O) groups is 2. The van der Waals surface area contributed by atoms with Gasteiger partial charge in [-0.1, -0.05) is 66.4 Å². The molecule has 27 heavy (non-hydrogen) atoms. The molecule has 0 radical (unpaired) electrons. The van der Waals surface area contributed by atoms with Crippen LogP contribution in [0.25, 0.3) is 16.3 Å². The molecule has 0 bridgehead atoms. The molecule has 1 amide bonds. The van der Waals surface area contributed by atoms with E-state index in [9.17, 15) is 9.59 Å². The van der Waals surface area contributed by atoms with E-state index in [2.05, 4.69) is 0 Å². The highest BCUT2D eigenvalue weighted by Gasteiger charge is 2.36. The Morgan fingerprint density at radius 1 is 1.11 bits per heavy atom. The predicted molar refractivity (Wildman–Crippen MR) is 111 cm³/mol. The molecule has 1 saturated heterocycles. The number of nitrogens with zero attached hydrogens (tertiary/aromatic N) is 1. The Morgan fingerprint density at radius 3 is 2.63 bits per heavy atom. The molecule has 0 aliphatic carbocycles. The first-order valence-electron chi connectivity index (χ1n) is 8.35. The fraction of sp³-hybridized carbons (Fsp3) is 0.0952. The predicted octanol–water partition coefficient (Wildman–Crippen LogP) is 4.64. The number of carbonyl (C=O) groups excluding carboxylic acids is 2. The van der Waals surface area contributed by atoms with E-state index in [0.29, 0.717) is 20.6 Å². The summed E-state index contributed by atoms with van der Waals surface area (Å²) in [5, 5.41) is 2.08. The summed E-state index contributed by atoms with van der Waals surface area (Å²) in [7, 11) is 0. The fourth-order valence-corrected chi connectivity index (χ4v) is 4.48. The maximum absolute atomic E-state index is 13.1. The number of thiocarbonyl (C=S) groups is 1. The molecule has 3 aromatic rings. The van der Waals surface area contributed by atoms with Gasteiger partial charge in [-0.2, -0.15) is 0 Å². The molecule has 0 unspecified atom stereocenters. The second-order valence-electron chi connectivity index (χ2n) is 6.17. The quantitative estimate of drug-likeness (QED) is 0.477. The van der Waals surface area contributed by atoms with Gasteiger partial charge in [0.05, 0.1) is 17.7 Å². The standard InChI is InChI=1S/C21H15NO3S2/c1-13(23)12-22-20(24)19(27-21(22)26)18(17-10-5-11-25-17)16-9-4-7-14-6-2-3-8-15(14)16/h2-11H,12H2,1H3/b19-18+. The summed E-state index contributed by atoms with van der Waals surface area (Å²) in [5.41, 5.74) is 1.59. The van der Waals surface area contributed by atoms with Gasteiger partial charge in [0.15, 0.2) is 0 Å². The lowest BCUT2D eigenvalue weighted by Gasteiger charge is -2.13. The van der Waals surface area contributed by atoms with Crippen molar-refractivity contribution in [1.82, 2.24) is 4.90 Å². The van der Waals surface area contributed by atoms with Crippen LogP contribution in [0.5, 0.6) is 0 Å². The topological polar surface area (TPSA) is 50.5 Å². The van der Waals surface area contributed by atoms with Gasteiger partial charge in [-0.05, 0) is 35.4 Å². The third-order valence-electron chi connectivity index (χ3n) is 4.28. The average Bonchev–Trinajstić information content (AvgIpc) is 3.27. The smallest absolute Gasteiger partial charge is 0.267 e. The number of furan rings is 1. The molecule has 1 aromatic heterocycles. The van der Waals surface area contributed by atoms with E-state index in [1.54, 1.807) is 12.3 Å². The monoisotopic (exact) mass is 393 g/mol. The molecule has 1 fully saturated rings. The molecule has 6 heteroatoms. The molecular weight excluding hydrogens is 378 g/mol. The van der Waals surface area contributed by atoms with Crippen LogP contribution in [0.4, 0.5) is 0 Å². The molecule has 134 valence electrons. The van der Waals surface area contributed by atoms with Gasteiger partial charge in [-0.25, -0.2) is 0 Å². The number of hydrogen-bond acceptors (Lipinski definition) is 5. The zero-order valence-electron chi connectivity index (χ0n) is 14.5. The van der Waals surface area contributed by atoms with E-state index in [1.165, 1.54) is 23.6 Å². The van der Waals surface area contributed by atoms with E-state index < -0.39 is 0 Å². The van der Waals surface area contributed by atoms with Crippen LogP contribution < -0.4 is 0 Å². The second kappa shape index (κ2) is 7.13. The van der Waals surface area contributed by atoms with E-state index >= 15 is 0 Å². The molecule has 0 atom stereocenters. The van der Waals surface area contributed by atoms with E-state index in [4.69, 9.17) is 16.6 Å². The largest absolute Gasteiger partial charge is 0.464 e.